The van der Waals surface area contributed by atoms with E-state index in [2.05, 4.69) is 55.1 Å². The molecule has 0 saturated carbocycles. The summed E-state index contributed by atoms with van der Waals surface area (Å²) in [5, 5.41) is 6.30. The molecular formula is C20H32N4O. The van der Waals surface area contributed by atoms with Crippen molar-refractivity contribution in [1.82, 2.24) is 15.5 Å². The van der Waals surface area contributed by atoms with E-state index >= 15 is 0 Å². The number of hydrogen-bond donors (Lipinski definition) is 2. The molecule has 0 radical (unpaired) electrons. The second-order valence-electron chi connectivity index (χ2n) is 7.78. The first kappa shape index (κ1) is 19.3. The van der Waals surface area contributed by atoms with Gasteiger partial charge in [0, 0.05) is 37.0 Å². The summed E-state index contributed by atoms with van der Waals surface area (Å²) in [5.74, 6) is 0.939. The molecule has 5 heteroatoms. The third kappa shape index (κ3) is 4.53. The van der Waals surface area contributed by atoms with Gasteiger partial charge in [0.05, 0.1) is 6.54 Å². The standard InChI is InChI=1S/C20H32N4O/c1-6-21-18(24-15-19(2,3)20(24,4)5)22-13-12-17(25)23-14-16-10-8-7-9-11-16/h7-11H,6,12-15H2,1-5H3,(H,21,22)(H,23,25). The number of rotatable bonds is 6. The van der Waals surface area contributed by atoms with E-state index in [9.17, 15) is 4.79 Å². The number of hydrogen-bond acceptors (Lipinski definition) is 2. The summed E-state index contributed by atoms with van der Waals surface area (Å²) < 4.78 is 0. The van der Waals surface area contributed by atoms with E-state index < -0.39 is 0 Å². The number of benzene rings is 1. The second kappa shape index (κ2) is 7.89. The van der Waals surface area contributed by atoms with Gasteiger partial charge in [0.25, 0.3) is 0 Å². The van der Waals surface area contributed by atoms with Crippen LogP contribution in [-0.2, 0) is 11.3 Å². The van der Waals surface area contributed by atoms with Crippen LogP contribution in [0, 0.1) is 5.41 Å². The van der Waals surface area contributed by atoms with Gasteiger partial charge >= 0.3 is 0 Å². The first-order valence-corrected chi connectivity index (χ1v) is 9.14. The highest BCUT2D eigenvalue weighted by Crippen LogP contribution is 2.46. The zero-order valence-electron chi connectivity index (χ0n) is 16.2. The Bertz CT molecular complexity index is 607. The lowest BCUT2D eigenvalue weighted by atomic mass is 9.65. The largest absolute Gasteiger partial charge is 0.356 e. The lowest BCUT2D eigenvalue weighted by Gasteiger charge is -2.62. The molecule has 2 N–H and O–H groups in total. The topological polar surface area (TPSA) is 56.7 Å². The summed E-state index contributed by atoms with van der Waals surface area (Å²) in [6.07, 6.45) is 0.402. The van der Waals surface area contributed by atoms with E-state index in [-0.39, 0.29) is 16.9 Å². The Labute approximate surface area is 151 Å². The maximum Gasteiger partial charge on any atom is 0.222 e. The fraction of sp³-hybridized carbons (Fsp3) is 0.600. The number of nitrogens with zero attached hydrogens (tertiary/aromatic N) is 2. The first-order chi connectivity index (χ1) is 11.8. The Kier molecular flexibility index (Phi) is 6.09. The fourth-order valence-electron chi connectivity index (χ4n) is 2.94. The summed E-state index contributed by atoms with van der Waals surface area (Å²) >= 11 is 0. The Morgan fingerprint density at radius 2 is 1.84 bits per heavy atom. The second-order valence-corrected chi connectivity index (χ2v) is 7.78. The average Bonchev–Trinajstić information content (AvgIpc) is 2.58. The highest BCUT2D eigenvalue weighted by atomic mass is 16.1. The van der Waals surface area contributed by atoms with Gasteiger partial charge in [0.15, 0.2) is 5.96 Å². The van der Waals surface area contributed by atoms with E-state index in [0.717, 1.165) is 24.6 Å². The Hall–Kier alpha value is -2.04. The maximum atomic E-state index is 12.0. The molecule has 25 heavy (non-hydrogen) atoms. The van der Waals surface area contributed by atoms with Gasteiger partial charge in [-0.25, -0.2) is 0 Å². The van der Waals surface area contributed by atoms with E-state index in [1.807, 2.05) is 30.3 Å². The molecule has 1 amide bonds. The van der Waals surface area contributed by atoms with Crippen LogP contribution in [-0.4, -0.2) is 41.9 Å². The molecule has 5 nitrogen and oxygen atoms in total. The number of guanidine groups is 1. The van der Waals surface area contributed by atoms with E-state index in [4.69, 9.17) is 0 Å². The van der Waals surface area contributed by atoms with Crippen molar-refractivity contribution in [2.45, 2.75) is 53.1 Å². The number of amides is 1. The van der Waals surface area contributed by atoms with Gasteiger partial charge < -0.3 is 15.5 Å². The molecule has 1 fully saturated rings. The zero-order chi connectivity index (χ0) is 18.5. The van der Waals surface area contributed by atoms with E-state index in [1.54, 1.807) is 0 Å². The summed E-state index contributed by atoms with van der Waals surface area (Å²) in [6, 6.07) is 9.95. The molecule has 2 rings (SSSR count). The molecule has 0 aromatic heterocycles. The lowest BCUT2D eigenvalue weighted by Crippen LogP contribution is -2.72. The van der Waals surface area contributed by atoms with Crippen LogP contribution in [0.25, 0.3) is 0 Å². The van der Waals surface area contributed by atoms with Gasteiger partial charge in [-0.3, -0.25) is 9.79 Å². The number of nitrogens with one attached hydrogen (secondary N) is 2. The van der Waals surface area contributed by atoms with Crippen molar-refractivity contribution < 1.29 is 4.79 Å². The molecule has 1 saturated heterocycles. The molecule has 138 valence electrons. The Morgan fingerprint density at radius 3 is 2.40 bits per heavy atom. The van der Waals surface area contributed by atoms with Gasteiger partial charge in [0.2, 0.25) is 5.91 Å². The summed E-state index contributed by atoms with van der Waals surface area (Å²) in [7, 11) is 0. The van der Waals surface area contributed by atoms with Gasteiger partial charge in [0.1, 0.15) is 0 Å². The highest BCUT2D eigenvalue weighted by molar-refractivity contribution is 5.82. The third-order valence-corrected chi connectivity index (χ3v) is 5.41. The van der Waals surface area contributed by atoms with Crippen LogP contribution >= 0.6 is 0 Å². The SMILES string of the molecule is CCNC(=NCCC(=O)NCc1ccccc1)N1CC(C)(C)C1(C)C. The fourth-order valence-corrected chi connectivity index (χ4v) is 2.94. The lowest BCUT2D eigenvalue weighted by molar-refractivity contribution is -0.121. The molecule has 1 aromatic carbocycles. The van der Waals surface area contributed by atoms with Crippen molar-refractivity contribution in [2.75, 3.05) is 19.6 Å². The van der Waals surface area contributed by atoms with Crippen molar-refractivity contribution in [3.8, 4) is 0 Å². The van der Waals surface area contributed by atoms with Crippen LogP contribution < -0.4 is 10.6 Å². The molecule has 0 bridgehead atoms. The van der Waals surface area contributed by atoms with Gasteiger partial charge in [-0.1, -0.05) is 44.2 Å². The normalized spacial score (nSPS) is 18.4. The molecule has 1 heterocycles. The predicted molar refractivity (Wildman–Crippen MR) is 103 cm³/mol. The van der Waals surface area contributed by atoms with E-state index in [0.29, 0.717) is 19.5 Å². The molecule has 0 aliphatic carbocycles. The van der Waals surface area contributed by atoms with Gasteiger partial charge in [-0.15, -0.1) is 0 Å². The van der Waals surface area contributed by atoms with Gasteiger partial charge in [-0.05, 0) is 26.3 Å². The molecule has 1 aliphatic heterocycles. The smallest absolute Gasteiger partial charge is 0.222 e. The van der Waals surface area contributed by atoms with Crippen LogP contribution in [0.3, 0.4) is 0 Å². The Balaban J connectivity index is 1.84. The van der Waals surface area contributed by atoms with Gasteiger partial charge in [-0.2, -0.15) is 0 Å². The summed E-state index contributed by atoms with van der Waals surface area (Å²) in [4.78, 5) is 19.0. The zero-order valence-corrected chi connectivity index (χ0v) is 16.2. The van der Waals surface area contributed by atoms with Crippen molar-refractivity contribution >= 4 is 11.9 Å². The third-order valence-electron chi connectivity index (χ3n) is 5.41. The van der Waals surface area contributed by atoms with Crippen LogP contribution in [0.4, 0.5) is 0 Å². The number of carbonyl (C=O) groups excluding carboxylic acids is 1. The quantitative estimate of drug-likeness (QED) is 0.616. The number of carbonyl (C=O) groups is 1. The summed E-state index contributed by atoms with van der Waals surface area (Å²) in [6.45, 7) is 14.0. The molecular weight excluding hydrogens is 312 g/mol. The Morgan fingerprint density at radius 1 is 1.16 bits per heavy atom. The molecule has 0 unspecified atom stereocenters. The predicted octanol–water partition coefficient (Wildman–Crippen LogP) is 2.78. The minimum absolute atomic E-state index is 0.0339. The number of aliphatic imine (C=N–C) groups is 1. The van der Waals surface area contributed by atoms with Crippen LogP contribution in [0.5, 0.6) is 0 Å². The molecule has 0 spiro atoms. The van der Waals surface area contributed by atoms with Crippen LogP contribution in [0.2, 0.25) is 0 Å². The monoisotopic (exact) mass is 344 g/mol. The van der Waals surface area contributed by atoms with Crippen LogP contribution in [0.1, 0.15) is 46.6 Å². The van der Waals surface area contributed by atoms with Crippen molar-refractivity contribution in [3.63, 3.8) is 0 Å². The number of likely N-dealkylation sites (tertiary alicyclic amines) is 1. The maximum absolute atomic E-state index is 12.0. The average molecular weight is 345 g/mol. The minimum Gasteiger partial charge on any atom is -0.356 e. The van der Waals surface area contributed by atoms with Crippen LogP contribution in [0.15, 0.2) is 35.3 Å². The van der Waals surface area contributed by atoms with Crippen molar-refractivity contribution in [3.05, 3.63) is 35.9 Å². The first-order valence-electron chi connectivity index (χ1n) is 9.14. The van der Waals surface area contributed by atoms with E-state index in [1.165, 1.54) is 0 Å². The van der Waals surface area contributed by atoms with Crippen molar-refractivity contribution in [2.24, 2.45) is 10.4 Å². The minimum atomic E-state index is 0.0339. The summed E-state index contributed by atoms with van der Waals surface area (Å²) in [5.41, 5.74) is 1.43. The molecule has 0 atom stereocenters. The molecule has 1 aliphatic rings. The molecule has 1 aromatic rings. The highest BCUT2D eigenvalue weighted by Gasteiger charge is 2.53. The van der Waals surface area contributed by atoms with Crippen molar-refractivity contribution in [1.29, 1.82) is 0 Å².